The van der Waals surface area contributed by atoms with E-state index in [9.17, 15) is 23.1 Å². The third kappa shape index (κ3) is 2.73. The second-order valence-electron chi connectivity index (χ2n) is 4.78. The lowest BCUT2D eigenvalue weighted by atomic mass is 10.1. The van der Waals surface area contributed by atoms with Crippen LogP contribution in [0.25, 0.3) is 0 Å². The molecule has 0 spiro atoms. The van der Waals surface area contributed by atoms with Crippen molar-refractivity contribution in [3.8, 4) is 11.5 Å². The molecule has 0 fully saturated rings. The Labute approximate surface area is 129 Å². The molecule has 23 heavy (non-hydrogen) atoms. The van der Waals surface area contributed by atoms with Gasteiger partial charge in [0.05, 0.1) is 11.3 Å². The number of rotatable bonds is 1. The molecule has 0 bridgehead atoms. The first-order valence-electron chi connectivity index (χ1n) is 6.54. The minimum absolute atomic E-state index is 0.198. The molecule has 1 amide bonds. The molecule has 1 heterocycles. The topological polar surface area (TPSA) is 49.8 Å². The van der Waals surface area contributed by atoms with Gasteiger partial charge in [-0.25, -0.2) is 0 Å². The normalized spacial score (nSPS) is 13.4. The molecule has 4 nitrogen and oxygen atoms in total. The number of amides is 1. The van der Waals surface area contributed by atoms with Crippen LogP contribution in [-0.2, 0) is 6.18 Å². The van der Waals surface area contributed by atoms with Gasteiger partial charge in [-0.15, -0.1) is 0 Å². The zero-order valence-corrected chi connectivity index (χ0v) is 11.5. The predicted octanol–water partition coefficient (Wildman–Crippen LogP) is 3.92. The van der Waals surface area contributed by atoms with Crippen molar-refractivity contribution in [2.75, 3.05) is 4.90 Å². The molecule has 2 aromatic carbocycles. The average molecular weight is 321 g/mol. The third-order valence-electron chi connectivity index (χ3n) is 3.30. The molecule has 1 aliphatic rings. The summed E-state index contributed by atoms with van der Waals surface area (Å²) < 4.78 is 43.8. The summed E-state index contributed by atoms with van der Waals surface area (Å²) in [5, 5.41) is 9.34. The van der Waals surface area contributed by atoms with E-state index in [0.717, 1.165) is 12.1 Å². The number of hydrogen-bond acceptors (Lipinski definition) is 3. The lowest BCUT2D eigenvalue weighted by Gasteiger charge is -2.24. The molecular weight excluding hydrogens is 311 g/mol. The largest absolute Gasteiger partial charge is 0.507 e. The van der Waals surface area contributed by atoms with Gasteiger partial charge in [0.25, 0.3) is 5.91 Å². The number of phenols is 1. The van der Waals surface area contributed by atoms with Crippen LogP contribution in [0.15, 0.2) is 54.9 Å². The van der Waals surface area contributed by atoms with Crippen LogP contribution in [0.5, 0.6) is 11.5 Å². The number of carbonyl (C=O) groups is 1. The van der Waals surface area contributed by atoms with E-state index in [1.54, 1.807) is 24.3 Å². The highest BCUT2D eigenvalue weighted by Gasteiger charge is 2.35. The number of ether oxygens (including phenoxy) is 1. The van der Waals surface area contributed by atoms with Gasteiger partial charge in [-0.3, -0.25) is 9.69 Å². The van der Waals surface area contributed by atoms with Gasteiger partial charge in [-0.1, -0.05) is 12.1 Å². The van der Waals surface area contributed by atoms with Crippen LogP contribution >= 0.6 is 0 Å². The molecule has 0 saturated heterocycles. The summed E-state index contributed by atoms with van der Waals surface area (Å²) in [4.78, 5) is 13.7. The summed E-state index contributed by atoms with van der Waals surface area (Å²) in [5.74, 6) is -1.17. The maximum absolute atomic E-state index is 12.9. The zero-order chi connectivity index (χ0) is 16.6. The van der Waals surface area contributed by atoms with E-state index in [-0.39, 0.29) is 5.56 Å². The summed E-state index contributed by atoms with van der Waals surface area (Å²) in [6, 6.07) is 9.26. The molecule has 118 valence electrons. The van der Waals surface area contributed by atoms with E-state index in [1.807, 2.05) is 0 Å². The van der Waals surface area contributed by atoms with Gasteiger partial charge in [0.15, 0.2) is 5.75 Å². The predicted molar refractivity (Wildman–Crippen MR) is 76.1 cm³/mol. The van der Waals surface area contributed by atoms with E-state index >= 15 is 0 Å². The average Bonchev–Trinajstić information content (AvgIpc) is 2.53. The van der Waals surface area contributed by atoms with Gasteiger partial charge in [-0.2, -0.15) is 13.2 Å². The molecular formula is C16H10F3NO3. The minimum Gasteiger partial charge on any atom is -0.507 e. The Morgan fingerprint density at radius 3 is 2.61 bits per heavy atom. The molecule has 0 radical (unpaired) electrons. The molecule has 0 aromatic heterocycles. The number of alkyl halides is 3. The van der Waals surface area contributed by atoms with Gasteiger partial charge in [0, 0.05) is 11.8 Å². The Morgan fingerprint density at radius 1 is 1.13 bits per heavy atom. The monoisotopic (exact) mass is 321 g/mol. The highest BCUT2D eigenvalue weighted by atomic mass is 19.4. The second-order valence-corrected chi connectivity index (χ2v) is 4.78. The summed E-state index contributed by atoms with van der Waals surface area (Å²) in [5.41, 5.74) is -1.04. The number of anilines is 1. The number of carbonyl (C=O) groups excluding carboxylic acids is 1. The van der Waals surface area contributed by atoms with Crippen LogP contribution in [0.1, 0.15) is 15.9 Å². The van der Waals surface area contributed by atoms with Crippen molar-refractivity contribution in [3.05, 3.63) is 66.1 Å². The van der Waals surface area contributed by atoms with Crippen LogP contribution in [0.2, 0.25) is 0 Å². The first-order valence-corrected chi connectivity index (χ1v) is 6.54. The molecule has 1 N–H and O–H groups in total. The fourth-order valence-corrected chi connectivity index (χ4v) is 2.21. The molecule has 1 aliphatic heterocycles. The quantitative estimate of drug-likeness (QED) is 0.866. The minimum atomic E-state index is -4.75. The van der Waals surface area contributed by atoms with E-state index in [2.05, 4.69) is 0 Å². The van der Waals surface area contributed by atoms with Gasteiger partial charge >= 0.3 is 6.18 Å². The van der Waals surface area contributed by atoms with Crippen molar-refractivity contribution in [2.45, 2.75) is 6.18 Å². The fourth-order valence-electron chi connectivity index (χ4n) is 2.21. The van der Waals surface area contributed by atoms with Crippen molar-refractivity contribution in [1.82, 2.24) is 0 Å². The smallest absolute Gasteiger partial charge is 0.419 e. The van der Waals surface area contributed by atoms with Gasteiger partial charge < -0.3 is 9.84 Å². The Balaban J connectivity index is 2.02. The summed E-state index contributed by atoms with van der Waals surface area (Å²) >= 11 is 0. The maximum atomic E-state index is 12.9. The lowest BCUT2D eigenvalue weighted by Crippen LogP contribution is -2.28. The van der Waals surface area contributed by atoms with Crippen LogP contribution < -0.4 is 9.64 Å². The Morgan fingerprint density at radius 2 is 1.87 bits per heavy atom. The first-order chi connectivity index (χ1) is 10.9. The van der Waals surface area contributed by atoms with Crippen molar-refractivity contribution < 1.29 is 27.8 Å². The number of phenolic OH excluding ortho intramolecular Hbond substituents is 1. The van der Waals surface area contributed by atoms with Crippen LogP contribution in [0, 0.1) is 0 Å². The summed E-state index contributed by atoms with van der Waals surface area (Å²) in [6.45, 7) is 0. The lowest BCUT2D eigenvalue weighted by molar-refractivity contribution is -0.138. The fraction of sp³-hybridized carbons (Fsp3) is 0.0625. The van der Waals surface area contributed by atoms with Crippen molar-refractivity contribution >= 4 is 11.6 Å². The highest BCUT2D eigenvalue weighted by Crippen LogP contribution is 2.37. The summed E-state index contributed by atoms with van der Waals surface area (Å²) in [6.07, 6.45) is -2.16. The number of benzene rings is 2. The molecule has 3 rings (SSSR count). The second kappa shape index (κ2) is 5.35. The van der Waals surface area contributed by atoms with Crippen LogP contribution in [0.4, 0.5) is 18.9 Å². The number of hydrogen-bond donors (Lipinski definition) is 1. The van der Waals surface area contributed by atoms with Gasteiger partial charge in [0.2, 0.25) is 0 Å². The number of para-hydroxylation sites is 2. The van der Waals surface area contributed by atoms with Gasteiger partial charge in [0.1, 0.15) is 12.0 Å². The van der Waals surface area contributed by atoms with E-state index in [1.165, 1.54) is 17.4 Å². The Hall–Kier alpha value is -2.96. The van der Waals surface area contributed by atoms with Crippen molar-refractivity contribution in [2.24, 2.45) is 0 Å². The summed E-state index contributed by atoms with van der Waals surface area (Å²) in [7, 11) is 0. The molecule has 0 saturated carbocycles. The van der Waals surface area contributed by atoms with Crippen LogP contribution in [-0.4, -0.2) is 11.0 Å². The number of fused-ring (bicyclic) bond motifs is 1. The Bertz CT molecular complexity index is 799. The van der Waals surface area contributed by atoms with Crippen molar-refractivity contribution in [1.29, 1.82) is 0 Å². The van der Waals surface area contributed by atoms with Crippen molar-refractivity contribution in [3.63, 3.8) is 0 Å². The van der Waals surface area contributed by atoms with E-state index in [0.29, 0.717) is 17.5 Å². The van der Waals surface area contributed by atoms with Gasteiger partial charge in [-0.05, 0) is 30.3 Å². The maximum Gasteiger partial charge on any atom is 0.419 e. The molecule has 0 unspecified atom stereocenters. The highest BCUT2D eigenvalue weighted by molar-refractivity contribution is 6.08. The molecule has 7 heteroatoms. The Kier molecular flexibility index (Phi) is 3.48. The van der Waals surface area contributed by atoms with Crippen LogP contribution in [0.3, 0.4) is 0 Å². The molecule has 0 atom stereocenters. The SMILES string of the molecule is O=C(c1ccc(O)c(C(F)(F)F)c1)N1C=COc2ccccc21. The molecule has 0 aliphatic carbocycles. The number of aromatic hydroxyl groups is 1. The first kappa shape index (κ1) is 15.0. The standard InChI is InChI=1S/C16H10F3NO3/c17-16(18,19)11-9-10(5-6-13(11)21)15(22)20-7-8-23-14-4-2-1-3-12(14)20/h1-9,21H. The number of nitrogens with zero attached hydrogens (tertiary/aromatic N) is 1. The van der Waals surface area contributed by atoms with E-state index in [4.69, 9.17) is 4.74 Å². The van der Waals surface area contributed by atoms with E-state index < -0.39 is 23.4 Å². The molecule has 2 aromatic rings. The third-order valence-corrected chi connectivity index (χ3v) is 3.30. The number of halogens is 3. The zero-order valence-electron chi connectivity index (χ0n) is 11.5.